The molecule has 0 N–H and O–H groups in total. The van der Waals surface area contributed by atoms with Gasteiger partial charge < -0.3 is 5.32 Å². The summed E-state index contributed by atoms with van der Waals surface area (Å²) in [5.74, 6) is 0.232. The molecule has 0 spiro atoms. The molecule has 0 bridgehead atoms. The Kier molecular flexibility index (Phi) is 8.26. The average molecular weight is 491 g/mol. The van der Waals surface area contributed by atoms with Crippen molar-refractivity contribution in [2.45, 2.75) is 12.5 Å². The zero-order chi connectivity index (χ0) is 22.2. The number of hydrogen-bond acceptors (Lipinski definition) is 0. The third-order valence-electron chi connectivity index (χ3n) is 5.59. The fourth-order valence-electron chi connectivity index (χ4n) is 4.21. The van der Waals surface area contributed by atoms with Gasteiger partial charge in [0.25, 0.3) is 0 Å². The Labute approximate surface area is 206 Å². The van der Waals surface area contributed by atoms with Gasteiger partial charge in [-0.05, 0) is 33.9 Å². The van der Waals surface area contributed by atoms with Crippen molar-refractivity contribution in [2.24, 2.45) is 0 Å². The number of para-hydroxylation sites is 1. The number of nitrogens with zero attached hydrogens (tertiary/aromatic N) is 1. The van der Waals surface area contributed by atoms with Gasteiger partial charge in [-0.1, -0.05) is 115 Å². The van der Waals surface area contributed by atoms with E-state index in [1.807, 2.05) is 18.2 Å². The van der Waals surface area contributed by atoms with Gasteiger partial charge in [-0.3, -0.25) is 0 Å². The second kappa shape index (κ2) is 11.5. The van der Waals surface area contributed by atoms with Crippen LogP contribution in [0.2, 0.25) is 0 Å². The maximum absolute atomic E-state index is 4.89. The Morgan fingerprint density at radius 1 is 0.656 bits per heavy atom. The molecule has 0 radical (unpaired) electrons. The van der Waals surface area contributed by atoms with Crippen LogP contribution in [0.4, 0.5) is 5.69 Å². The summed E-state index contributed by atoms with van der Waals surface area (Å²) in [5, 5.41) is 4.84. The van der Waals surface area contributed by atoms with Crippen LogP contribution in [0.5, 0.6) is 0 Å². The van der Waals surface area contributed by atoms with Gasteiger partial charge in [-0.25, -0.2) is 0 Å². The van der Waals surface area contributed by atoms with Crippen LogP contribution < -0.4 is 0 Å². The minimum atomic E-state index is -0.556. The molecule has 4 aromatic rings. The third-order valence-corrected chi connectivity index (χ3v) is 5.59. The van der Waals surface area contributed by atoms with Gasteiger partial charge in [-0.15, -0.1) is 12.2 Å². The molecule has 0 aliphatic heterocycles. The van der Waals surface area contributed by atoms with E-state index in [4.69, 9.17) is 23.9 Å². The first kappa shape index (κ1) is 22.9. The molecule has 4 aromatic carbocycles. The summed E-state index contributed by atoms with van der Waals surface area (Å²) in [7, 11) is 9.78. The minimum absolute atomic E-state index is 0.232. The van der Waals surface area contributed by atoms with Gasteiger partial charge in [0, 0.05) is 5.92 Å². The van der Waals surface area contributed by atoms with E-state index in [-0.39, 0.29) is 5.92 Å². The molecule has 32 heavy (non-hydrogen) atoms. The molecule has 1 aliphatic rings. The van der Waals surface area contributed by atoms with Crippen molar-refractivity contribution >= 4 is 35.9 Å². The van der Waals surface area contributed by atoms with E-state index in [0.29, 0.717) is 6.54 Å². The Morgan fingerprint density at radius 2 is 1.22 bits per heavy atom. The van der Waals surface area contributed by atoms with Crippen molar-refractivity contribution in [2.75, 3.05) is 0 Å². The molecule has 1 nitrogen and oxygen atoms in total. The van der Waals surface area contributed by atoms with Crippen molar-refractivity contribution in [1.29, 1.82) is 0 Å². The summed E-state index contributed by atoms with van der Waals surface area (Å²) in [6.45, 7) is 0.681. The predicted octanol–water partition coefficient (Wildman–Crippen LogP) is 8.95. The van der Waals surface area contributed by atoms with Crippen LogP contribution in [0.3, 0.4) is 0 Å². The van der Waals surface area contributed by atoms with E-state index in [9.17, 15) is 0 Å². The fourth-order valence-corrected chi connectivity index (χ4v) is 4.21. The monoisotopic (exact) mass is 490 g/mol. The van der Waals surface area contributed by atoms with Gasteiger partial charge in [0.1, 0.15) is 0 Å². The predicted molar refractivity (Wildman–Crippen MR) is 134 cm³/mol. The van der Waals surface area contributed by atoms with Gasteiger partial charge in [-0.2, -0.15) is 0 Å². The van der Waals surface area contributed by atoms with Gasteiger partial charge in [0.2, 0.25) is 0 Å². The van der Waals surface area contributed by atoms with Crippen molar-refractivity contribution in [3.63, 3.8) is 0 Å². The van der Waals surface area contributed by atoms with E-state index < -0.39 is 17.0 Å². The summed E-state index contributed by atoms with van der Waals surface area (Å²) in [5.41, 5.74) is 8.97. The Morgan fingerprint density at radius 3 is 1.94 bits per heavy atom. The number of allylic oxidation sites excluding steroid dienone is 1. The number of fused-ring (bicyclic) bond motifs is 1. The Hall–Kier alpha value is -2.29. The quantitative estimate of drug-likeness (QED) is 0.248. The number of rotatable bonds is 5. The van der Waals surface area contributed by atoms with Crippen molar-refractivity contribution in [3.05, 3.63) is 142 Å². The van der Waals surface area contributed by atoms with Crippen LogP contribution in [0, 0.1) is 0 Å². The number of hydrogen-bond donors (Lipinski definition) is 0. The van der Waals surface area contributed by atoms with Gasteiger partial charge in [0.15, 0.2) is 0 Å². The number of halogens is 2. The molecule has 0 saturated carbocycles. The van der Waals surface area contributed by atoms with Gasteiger partial charge in [0.05, 0.1) is 0 Å². The first-order valence-electron chi connectivity index (χ1n) is 10.4. The summed E-state index contributed by atoms with van der Waals surface area (Å²) in [6, 6.07) is 38.4. The van der Waals surface area contributed by atoms with Crippen LogP contribution in [-0.4, -0.2) is 0 Å². The van der Waals surface area contributed by atoms with Crippen LogP contribution in [0.1, 0.15) is 33.7 Å². The zero-order valence-corrected chi connectivity index (χ0v) is 20.5. The molecule has 0 saturated heterocycles. The summed E-state index contributed by atoms with van der Waals surface area (Å²) in [4.78, 5) is 0. The van der Waals surface area contributed by atoms with Crippen molar-refractivity contribution in [1.82, 2.24) is 0 Å². The fraction of sp³-hybridized carbons (Fsp3) is 0.0714. The molecule has 0 aromatic heterocycles. The molecule has 0 fully saturated rings. The Balaban J connectivity index is 0.000000775. The van der Waals surface area contributed by atoms with Crippen LogP contribution >= 0.6 is 18.6 Å². The third kappa shape index (κ3) is 5.37. The molecule has 5 rings (SSSR count). The second-order valence-electron chi connectivity index (χ2n) is 7.45. The standard InChI is InChI=1S/C28H22N.2ClH.Ti/c1-3-11-21(12-4-1)27-19-22-13-7-9-17-25(22)28(27)26-18-10-8-14-23(26)20-29-24-15-5-2-6-16-24;;;/h1-19,28H,20H2;2*1H;/q-1;;;+2/p-2. The van der Waals surface area contributed by atoms with Crippen LogP contribution in [0.25, 0.3) is 17.0 Å². The van der Waals surface area contributed by atoms with E-state index >= 15 is 0 Å². The molecule has 0 amide bonds. The molecule has 1 atom stereocenters. The zero-order valence-electron chi connectivity index (χ0n) is 17.5. The summed E-state index contributed by atoms with van der Waals surface area (Å²) >= 11 is -0.556. The number of benzene rings is 4. The SMILES string of the molecule is C1=C(c2ccccc2)C(c2ccccc2C[N-]c2ccccc2)c2ccccc21.[Cl][Ti][Cl]. The van der Waals surface area contributed by atoms with Crippen LogP contribution in [-0.2, 0) is 23.6 Å². The summed E-state index contributed by atoms with van der Waals surface area (Å²) in [6.07, 6.45) is 2.35. The molecule has 1 aliphatic carbocycles. The molecule has 0 heterocycles. The maximum atomic E-state index is 4.89. The van der Waals surface area contributed by atoms with E-state index in [2.05, 4.69) is 97.1 Å². The molecule has 1 unspecified atom stereocenters. The molecular formula is C28H22Cl2NTi-. The van der Waals surface area contributed by atoms with Crippen LogP contribution in [0.15, 0.2) is 109 Å². The molecule has 158 valence electrons. The molecule has 4 heteroatoms. The average Bonchev–Trinajstić information content (AvgIpc) is 3.24. The molecular weight excluding hydrogens is 469 g/mol. The topological polar surface area (TPSA) is 14.1 Å². The van der Waals surface area contributed by atoms with E-state index in [0.717, 1.165) is 5.69 Å². The van der Waals surface area contributed by atoms with Gasteiger partial charge >= 0.3 is 35.6 Å². The van der Waals surface area contributed by atoms with E-state index in [1.54, 1.807) is 0 Å². The first-order chi connectivity index (χ1) is 15.8. The van der Waals surface area contributed by atoms with E-state index in [1.165, 1.54) is 33.4 Å². The van der Waals surface area contributed by atoms with Crippen molar-refractivity contribution < 1.29 is 17.0 Å². The first-order valence-corrected chi connectivity index (χ1v) is 14.7. The summed E-state index contributed by atoms with van der Waals surface area (Å²) < 4.78 is 0. The normalized spacial score (nSPS) is 13.9. The van der Waals surface area contributed by atoms with Crippen molar-refractivity contribution in [3.8, 4) is 0 Å². The second-order valence-corrected chi connectivity index (χ2v) is 10.0. The Bertz CT molecular complexity index is 1180.